The van der Waals surface area contributed by atoms with E-state index in [4.69, 9.17) is 14.5 Å². The topological polar surface area (TPSA) is 94.1 Å². The fraction of sp³-hybridized carbons (Fsp3) is 0.545. The molecule has 1 aliphatic carbocycles. The van der Waals surface area contributed by atoms with E-state index >= 15 is 0 Å². The first-order chi connectivity index (χ1) is 19.8. The number of nitrogens with zero attached hydrogens (tertiary/aromatic N) is 3. The molecule has 8 nitrogen and oxygen atoms in total. The van der Waals surface area contributed by atoms with E-state index in [9.17, 15) is 4.79 Å². The third-order valence-corrected chi connectivity index (χ3v) is 8.57. The largest absolute Gasteiger partial charge is 0.365 e. The van der Waals surface area contributed by atoms with Gasteiger partial charge in [0.15, 0.2) is 6.29 Å². The molecule has 4 heterocycles. The van der Waals surface area contributed by atoms with Gasteiger partial charge in [0.2, 0.25) is 0 Å². The Labute approximate surface area is 241 Å². The van der Waals surface area contributed by atoms with Gasteiger partial charge in [-0.3, -0.25) is 4.79 Å². The standard InChI is InChI=1S/C33H43N5O3/c1-33(2,3)37-29-12-10-25-19-24(14-17-41-30-6-4-5-16-40-30)23(20-28(25)36-29)9-7-22-8-11-26(18-22)38-15-13-27-31(38)34-21-35-32(27)39/h10,12-13,15,19-22,26,30H,4-9,11,14,16-18H2,1-3H3,(H,36,37)(H,34,35,39). The number of pyridine rings is 1. The van der Waals surface area contributed by atoms with Crippen LogP contribution in [0.2, 0.25) is 0 Å². The predicted octanol–water partition coefficient (Wildman–Crippen LogP) is 6.54. The highest BCUT2D eigenvalue weighted by molar-refractivity contribution is 5.82. The molecule has 6 rings (SSSR count). The predicted molar refractivity (Wildman–Crippen MR) is 163 cm³/mol. The monoisotopic (exact) mass is 557 g/mol. The molecular weight excluding hydrogens is 514 g/mol. The molecule has 0 amide bonds. The number of hydrogen-bond acceptors (Lipinski definition) is 6. The number of aromatic amines is 1. The summed E-state index contributed by atoms with van der Waals surface area (Å²) in [5.41, 5.74) is 4.43. The van der Waals surface area contributed by atoms with E-state index in [1.165, 1.54) is 35.7 Å². The summed E-state index contributed by atoms with van der Waals surface area (Å²) in [6.07, 6.45) is 13.2. The summed E-state index contributed by atoms with van der Waals surface area (Å²) in [7, 11) is 0. The van der Waals surface area contributed by atoms with Crippen molar-refractivity contribution in [2.45, 2.75) is 96.4 Å². The molecule has 1 aliphatic heterocycles. The number of aryl methyl sites for hydroxylation is 1. The van der Waals surface area contributed by atoms with Gasteiger partial charge < -0.3 is 24.3 Å². The first kappa shape index (κ1) is 27.9. The second-order valence-electron chi connectivity index (χ2n) is 12.9. The molecule has 218 valence electrons. The highest BCUT2D eigenvalue weighted by Crippen LogP contribution is 2.38. The van der Waals surface area contributed by atoms with Crippen LogP contribution >= 0.6 is 0 Å². The Hall–Kier alpha value is -3.23. The number of H-pyrrole nitrogens is 1. The van der Waals surface area contributed by atoms with E-state index in [-0.39, 0.29) is 17.4 Å². The van der Waals surface area contributed by atoms with Crippen LogP contribution in [0.15, 0.2) is 47.7 Å². The molecule has 0 radical (unpaired) electrons. The highest BCUT2D eigenvalue weighted by atomic mass is 16.7. The quantitative estimate of drug-likeness (QED) is 0.243. The minimum Gasteiger partial charge on any atom is -0.365 e. The van der Waals surface area contributed by atoms with Gasteiger partial charge in [-0.25, -0.2) is 9.97 Å². The number of fused-ring (bicyclic) bond motifs is 2. The molecule has 41 heavy (non-hydrogen) atoms. The van der Waals surface area contributed by atoms with Gasteiger partial charge in [0.05, 0.1) is 23.8 Å². The Kier molecular flexibility index (Phi) is 8.13. The van der Waals surface area contributed by atoms with Gasteiger partial charge in [-0.05, 0) is 126 Å². The molecule has 3 aromatic heterocycles. The van der Waals surface area contributed by atoms with Crippen molar-refractivity contribution >= 4 is 27.8 Å². The summed E-state index contributed by atoms with van der Waals surface area (Å²) < 4.78 is 14.1. The van der Waals surface area contributed by atoms with Gasteiger partial charge in [-0.2, -0.15) is 0 Å². The van der Waals surface area contributed by atoms with Crippen molar-refractivity contribution in [1.29, 1.82) is 0 Å². The van der Waals surface area contributed by atoms with Crippen molar-refractivity contribution in [3.63, 3.8) is 0 Å². The molecule has 8 heteroatoms. The lowest BCUT2D eigenvalue weighted by Crippen LogP contribution is -2.26. The van der Waals surface area contributed by atoms with Crippen LogP contribution in [0.25, 0.3) is 21.9 Å². The molecule has 3 unspecified atom stereocenters. The van der Waals surface area contributed by atoms with E-state index in [2.05, 4.69) is 64.9 Å². The van der Waals surface area contributed by atoms with Gasteiger partial charge in [0.25, 0.3) is 5.56 Å². The molecule has 2 aliphatic rings. The lowest BCUT2D eigenvalue weighted by atomic mass is 9.93. The van der Waals surface area contributed by atoms with E-state index in [1.54, 1.807) is 0 Å². The van der Waals surface area contributed by atoms with Gasteiger partial charge >= 0.3 is 0 Å². The highest BCUT2D eigenvalue weighted by Gasteiger charge is 2.27. The fourth-order valence-corrected chi connectivity index (χ4v) is 6.52. The second kappa shape index (κ2) is 11.9. The minimum absolute atomic E-state index is 0.0466. The average molecular weight is 558 g/mol. The SMILES string of the molecule is CC(C)(C)Nc1ccc2cc(CCOC3CCCCO3)c(CCC3CCC(n4ccc5c(=O)[nH]cnc54)C3)cc2n1. The van der Waals surface area contributed by atoms with E-state index in [0.29, 0.717) is 24.0 Å². The number of benzene rings is 1. The van der Waals surface area contributed by atoms with Gasteiger partial charge in [0.1, 0.15) is 11.5 Å². The molecule has 4 aromatic rings. The van der Waals surface area contributed by atoms with Crippen LogP contribution in [0.3, 0.4) is 0 Å². The Balaban J connectivity index is 1.17. The summed E-state index contributed by atoms with van der Waals surface area (Å²) >= 11 is 0. The third-order valence-electron chi connectivity index (χ3n) is 8.57. The van der Waals surface area contributed by atoms with Crippen LogP contribution < -0.4 is 10.9 Å². The fourth-order valence-electron chi connectivity index (χ4n) is 6.52. The molecule has 0 bridgehead atoms. The van der Waals surface area contributed by atoms with Crippen molar-refractivity contribution in [2.24, 2.45) is 5.92 Å². The molecule has 1 saturated carbocycles. The maximum atomic E-state index is 12.2. The zero-order chi connectivity index (χ0) is 28.4. The Morgan fingerprint density at radius 3 is 2.80 bits per heavy atom. The smallest absolute Gasteiger partial charge is 0.260 e. The summed E-state index contributed by atoms with van der Waals surface area (Å²) in [6.45, 7) is 7.93. The van der Waals surface area contributed by atoms with Crippen molar-refractivity contribution in [2.75, 3.05) is 18.5 Å². The van der Waals surface area contributed by atoms with Crippen molar-refractivity contribution < 1.29 is 9.47 Å². The Bertz CT molecular complexity index is 1550. The number of nitrogens with one attached hydrogen (secondary N) is 2. The maximum absolute atomic E-state index is 12.2. The van der Waals surface area contributed by atoms with Crippen molar-refractivity contribution in [3.8, 4) is 0 Å². The van der Waals surface area contributed by atoms with Crippen molar-refractivity contribution in [3.05, 3.63) is 64.3 Å². The number of anilines is 1. The lowest BCUT2D eigenvalue weighted by Gasteiger charge is -2.23. The number of rotatable bonds is 9. The summed E-state index contributed by atoms with van der Waals surface area (Å²) in [6, 6.07) is 11.2. The number of hydrogen-bond donors (Lipinski definition) is 2. The summed E-state index contributed by atoms with van der Waals surface area (Å²) in [5, 5.41) is 5.35. The molecule has 1 aromatic carbocycles. The van der Waals surface area contributed by atoms with E-state index < -0.39 is 0 Å². The van der Waals surface area contributed by atoms with Crippen LogP contribution in [0, 0.1) is 5.92 Å². The van der Waals surface area contributed by atoms with Gasteiger partial charge in [-0.1, -0.05) is 0 Å². The van der Waals surface area contributed by atoms with E-state index in [1.807, 2.05) is 12.3 Å². The first-order valence-corrected chi connectivity index (χ1v) is 15.3. The summed E-state index contributed by atoms with van der Waals surface area (Å²) in [4.78, 5) is 24.3. The van der Waals surface area contributed by atoms with Gasteiger partial charge in [0, 0.05) is 29.8 Å². The molecule has 2 fully saturated rings. The summed E-state index contributed by atoms with van der Waals surface area (Å²) in [5.74, 6) is 1.54. The maximum Gasteiger partial charge on any atom is 0.260 e. The number of ether oxygens (including phenoxy) is 2. The van der Waals surface area contributed by atoms with Crippen LogP contribution in [-0.2, 0) is 22.3 Å². The second-order valence-corrected chi connectivity index (χ2v) is 12.9. The molecule has 3 atom stereocenters. The zero-order valence-electron chi connectivity index (χ0n) is 24.6. The molecule has 1 saturated heterocycles. The molecule has 0 spiro atoms. The van der Waals surface area contributed by atoms with Crippen LogP contribution in [0.5, 0.6) is 0 Å². The van der Waals surface area contributed by atoms with Crippen molar-refractivity contribution in [1.82, 2.24) is 19.5 Å². The molecular formula is C33H43N5O3. The van der Waals surface area contributed by atoms with Crippen LogP contribution in [0.1, 0.15) is 82.9 Å². The zero-order valence-corrected chi connectivity index (χ0v) is 24.6. The minimum atomic E-state index is -0.0689. The first-order valence-electron chi connectivity index (χ1n) is 15.3. The normalized spacial score (nSPS) is 21.6. The Morgan fingerprint density at radius 1 is 1.10 bits per heavy atom. The molecule has 2 N–H and O–H groups in total. The lowest BCUT2D eigenvalue weighted by molar-refractivity contribution is -0.161. The van der Waals surface area contributed by atoms with Gasteiger partial charge in [-0.15, -0.1) is 0 Å². The van der Waals surface area contributed by atoms with Crippen LogP contribution in [-0.4, -0.2) is 44.6 Å². The Morgan fingerprint density at radius 2 is 1.98 bits per heavy atom. The number of aromatic nitrogens is 4. The average Bonchev–Trinajstić information content (AvgIpc) is 3.59. The third kappa shape index (κ3) is 6.65. The van der Waals surface area contributed by atoms with E-state index in [0.717, 1.165) is 68.5 Å². The van der Waals surface area contributed by atoms with Crippen LogP contribution in [0.4, 0.5) is 5.82 Å².